The third-order valence-corrected chi connectivity index (χ3v) is 9.23. The molecule has 0 saturated heterocycles. The van der Waals surface area contributed by atoms with E-state index in [4.69, 9.17) is 28.4 Å². The Morgan fingerprint density at radius 2 is 0.600 bits per heavy atom. The van der Waals surface area contributed by atoms with Crippen LogP contribution < -0.4 is 9.47 Å². The van der Waals surface area contributed by atoms with Crippen molar-refractivity contribution in [3.8, 4) is 11.5 Å². The van der Waals surface area contributed by atoms with Crippen LogP contribution in [0.3, 0.4) is 0 Å². The summed E-state index contributed by atoms with van der Waals surface area (Å²) in [5, 5.41) is 0. The minimum Gasteiger partial charge on any atom is -0.491 e. The van der Waals surface area contributed by atoms with Crippen LogP contribution in [0, 0.1) is 22.7 Å². The van der Waals surface area contributed by atoms with Gasteiger partial charge in [0, 0.05) is 0 Å². The van der Waals surface area contributed by atoms with Gasteiger partial charge in [0.15, 0.2) is 0 Å². The number of esters is 2. The Kier molecular flexibility index (Phi) is 31.1. The maximum absolute atomic E-state index is 11.6. The Hall–Kier alpha value is -4.66. The first kappa shape index (κ1) is 67.4. The molecule has 0 amide bonds. The molecule has 396 valence electrons. The zero-order valence-corrected chi connectivity index (χ0v) is 46.1. The Morgan fingerprint density at radius 1 is 0.371 bits per heavy atom. The van der Waals surface area contributed by atoms with Crippen LogP contribution in [0.2, 0.25) is 0 Å². The molecule has 0 heterocycles. The highest BCUT2D eigenvalue weighted by molar-refractivity contribution is 5.75. The van der Waals surface area contributed by atoms with E-state index >= 15 is 0 Å². The first-order valence-electron chi connectivity index (χ1n) is 24.6. The normalized spacial score (nSPS) is 11.4. The number of ether oxygens (including phenoxy) is 6. The maximum Gasteiger partial charge on any atom is 0.311 e. The van der Waals surface area contributed by atoms with Gasteiger partial charge in [-0.25, -0.2) is 0 Å². The molecule has 0 saturated carbocycles. The van der Waals surface area contributed by atoms with E-state index in [9.17, 15) is 9.59 Å². The van der Waals surface area contributed by atoms with Gasteiger partial charge in [-0.05, 0) is 193 Å². The second-order valence-corrected chi connectivity index (χ2v) is 22.9. The molecular weight excluding hydrogens is 873 g/mol. The highest BCUT2D eigenvalue weighted by Gasteiger charge is 2.24. The molecule has 4 aromatic carbocycles. The molecule has 8 heteroatoms. The maximum atomic E-state index is 11.6. The lowest BCUT2D eigenvalue weighted by atomic mass is 9.97. The molecule has 0 aliphatic carbocycles. The monoisotopic (exact) mass is 973 g/mol. The smallest absolute Gasteiger partial charge is 0.311 e. The summed E-state index contributed by atoms with van der Waals surface area (Å²) in [6.45, 7) is 42.5. The number of carbonyl (C=O) groups is 2. The van der Waals surface area contributed by atoms with E-state index in [1.54, 1.807) is 0 Å². The molecule has 0 aliphatic heterocycles. The number of hydrogen-bond acceptors (Lipinski definition) is 8. The first-order valence-corrected chi connectivity index (χ1v) is 24.6. The van der Waals surface area contributed by atoms with E-state index in [2.05, 4.69) is 106 Å². The molecule has 0 N–H and O–H groups in total. The van der Waals surface area contributed by atoms with Gasteiger partial charge in [0.25, 0.3) is 0 Å². The van der Waals surface area contributed by atoms with Crippen molar-refractivity contribution in [2.24, 2.45) is 22.7 Å². The summed E-state index contributed by atoms with van der Waals surface area (Å²) in [6.07, 6.45) is 2.62. The second-order valence-electron chi connectivity index (χ2n) is 22.9. The van der Waals surface area contributed by atoms with E-state index in [-0.39, 0.29) is 50.2 Å². The molecular formula is C62H100O8. The summed E-state index contributed by atoms with van der Waals surface area (Å²) in [5.74, 6) is 2.77. The minimum absolute atomic E-state index is 0. The van der Waals surface area contributed by atoms with Crippen molar-refractivity contribution in [2.45, 2.75) is 216 Å². The number of hydrogen-bond donors (Lipinski definition) is 0. The van der Waals surface area contributed by atoms with Crippen LogP contribution in [-0.2, 0) is 67.8 Å². The summed E-state index contributed by atoms with van der Waals surface area (Å²) in [7, 11) is 0. The molecule has 4 rings (SSSR count). The summed E-state index contributed by atoms with van der Waals surface area (Å²) in [4.78, 5) is 23.2. The van der Waals surface area contributed by atoms with E-state index < -0.39 is 10.8 Å². The van der Waals surface area contributed by atoms with Crippen molar-refractivity contribution in [3.63, 3.8) is 0 Å². The molecule has 0 aliphatic rings. The molecule has 0 radical (unpaired) electrons. The molecule has 4 aromatic rings. The molecule has 70 heavy (non-hydrogen) atoms. The van der Waals surface area contributed by atoms with Crippen LogP contribution in [0.15, 0.2) is 97.1 Å². The van der Waals surface area contributed by atoms with Gasteiger partial charge in [-0.15, -0.1) is 0 Å². The summed E-state index contributed by atoms with van der Waals surface area (Å²) >= 11 is 0. The SMILES string of the molecule is C.C.CC(C)Cc1ccc(COC(=O)C(C)(C)C)cc1.CC(C)Cc1ccc(COC(C)(C)C)cc1.CC(C)Oc1ccc(COC(=O)C(C)(C)C)cc1.CC(C)Oc1ccc(COC(C)(C)C)cc1. The fourth-order valence-electron chi connectivity index (χ4n) is 5.69. The van der Waals surface area contributed by atoms with Crippen LogP contribution >= 0.6 is 0 Å². The predicted octanol–water partition coefficient (Wildman–Crippen LogP) is 16.8. The van der Waals surface area contributed by atoms with Gasteiger partial charge in [0.05, 0.1) is 47.5 Å². The highest BCUT2D eigenvalue weighted by atomic mass is 16.5. The highest BCUT2D eigenvalue weighted by Crippen LogP contribution is 2.21. The molecule has 0 bridgehead atoms. The van der Waals surface area contributed by atoms with Gasteiger partial charge in [-0.1, -0.05) is 115 Å². The van der Waals surface area contributed by atoms with Gasteiger partial charge in [-0.2, -0.15) is 0 Å². The predicted molar refractivity (Wildman–Crippen MR) is 295 cm³/mol. The van der Waals surface area contributed by atoms with Crippen molar-refractivity contribution in [2.75, 3.05) is 0 Å². The average molecular weight is 973 g/mol. The quantitative estimate of drug-likeness (QED) is 0.103. The Morgan fingerprint density at radius 3 is 0.814 bits per heavy atom. The van der Waals surface area contributed by atoms with Crippen LogP contribution in [0.4, 0.5) is 0 Å². The zero-order chi connectivity index (χ0) is 51.9. The lowest BCUT2D eigenvalue weighted by Gasteiger charge is -2.19. The van der Waals surface area contributed by atoms with Gasteiger partial charge in [0.2, 0.25) is 0 Å². The van der Waals surface area contributed by atoms with Crippen molar-refractivity contribution >= 4 is 11.9 Å². The molecule has 0 fully saturated rings. The number of rotatable bonds is 16. The second kappa shape index (κ2) is 32.3. The van der Waals surface area contributed by atoms with Gasteiger partial charge in [-0.3, -0.25) is 9.59 Å². The molecule has 0 atom stereocenters. The standard InChI is InChI=1S/C16H24O2.C15H22O3.C15H24O.C14H22O2.2CH4/c1-12(2)10-13-6-8-14(9-7-13)11-18-15(17)16(3,4)5;1-11(2)18-13-8-6-12(7-9-13)10-17-14(16)15(3,4)5;1-12(2)10-13-6-8-14(9-7-13)11-16-15(3,4)5;1-11(2)16-13-8-6-12(7-9-13)10-15-14(3,4)5;;/h6-9,12H,10-11H2,1-5H3;6-9,11H,10H2,1-5H3;6-9,12H,10-11H2,1-5H3;6-9,11H,10H2,1-5H3;2*1H4. The zero-order valence-electron chi connectivity index (χ0n) is 46.1. The van der Waals surface area contributed by atoms with Gasteiger partial charge >= 0.3 is 11.9 Å². The van der Waals surface area contributed by atoms with E-state index in [0.717, 1.165) is 41.4 Å². The van der Waals surface area contributed by atoms with E-state index in [1.165, 1.54) is 22.3 Å². The average Bonchev–Trinajstić information content (AvgIpc) is 3.21. The molecule has 8 nitrogen and oxygen atoms in total. The van der Waals surface area contributed by atoms with Crippen molar-refractivity contribution < 1.29 is 38.0 Å². The van der Waals surface area contributed by atoms with Crippen molar-refractivity contribution in [1.82, 2.24) is 0 Å². The summed E-state index contributed by atoms with van der Waals surface area (Å²) < 4.78 is 33.1. The van der Waals surface area contributed by atoms with Crippen molar-refractivity contribution in [3.05, 3.63) is 130 Å². The van der Waals surface area contributed by atoms with E-state index in [1.807, 2.05) is 130 Å². The fraction of sp³-hybridized carbons (Fsp3) is 0.581. The van der Waals surface area contributed by atoms with Crippen LogP contribution in [-0.4, -0.2) is 35.3 Å². The van der Waals surface area contributed by atoms with Crippen LogP contribution in [0.5, 0.6) is 11.5 Å². The molecule has 0 unspecified atom stereocenters. The third kappa shape index (κ3) is 33.8. The topological polar surface area (TPSA) is 89.5 Å². The number of benzene rings is 4. The van der Waals surface area contributed by atoms with E-state index in [0.29, 0.717) is 32.3 Å². The van der Waals surface area contributed by atoms with Gasteiger partial charge < -0.3 is 28.4 Å². The summed E-state index contributed by atoms with van der Waals surface area (Å²) in [6, 6.07) is 32.7. The number of carbonyl (C=O) groups excluding carboxylic acids is 2. The largest absolute Gasteiger partial charge is 0.491 e. The molecule has 0 aromatic heterocycles. The Bertz CT molecular complexity index is 1820. The van der Waals surface area contributed by atoms with Gasteiger partial charge in [0.1, 0.15) is 24.7 Å². The summed E-state index contributed by atoms with van der Waals surface area (Å²) in [5.41, 5.74) is 6.13. The van der Waals surface area contributed by atoms with Crippen LogP contribution in [0.1, 0.15) is 187 Å². The van der Waals surface area contributed by atoms with Crippen molar-refractivity contribution in [1.29, 1.82) is 0 Å². The lowest BCUT2D eigenvalue weighted by Crippen LogP contribution is -2.22. The molecule has 0 spiro atoms. The fourth-order valence-corrected chi connectivity index (χ4v) is 5.69. The minimum atomic E-state index is -0.458. The first-order chi connectivity index (χ1) is 31.3. The third-order valence-electron chi connectivity index (χ3n) is 9.23. The van der Waals surface area contributed by atoms with Crippen LogP contribution in [0.25, 0.3) is 0 Å². The lowest BCUT2D eigenvalue weighted by molar-refractivity contribution is -0.155. The Balaban J connectivity index is 0. The Labute approximate surface area is 429 Å².